The minimum absolute atomic E-state index is 0.0309. The first-order valence-corrected chi connectivity index (χ1v) is 4.63. The van der Waals surface area contributed by atoms with Gasteiger partial charge in [0.25, 0.3) is 5.56 Å². The van der Waals surface area contributed by atoms with E-state index >= 15 is 0 Å². The fourth-order valence-electron chi connectivity index (χ4n) is 2.17. The molecule has 1 aromatic heterocycles. The second kappa shape index (κ2) is 3.03. The molecule has 2 atom stereocenters. The van der Waals surface area contributed by atoms with Crippen LogP contribution in [0.3, 0.4) is 0 Å². The molecule has 72 valence electrons. The van der Waals surface area contributed by atoms with Crippen molar-refractivity contribution < 1.29 is 5.11 Å². The summed E-state index contributed by atoms with van der Waals surface area (Å²) in [5.74, 6) is 0.241. The number of nitrogens with one attached hydrogen (secondary N) is 2. The van der Waals surface area contributed by atoms with Crippen LogP contribution < -0.4 is 5.56 Å². The van der Waals surface area contributed by atoms with Gasteiger partial charge in [0.15, 0.2) is 0 Å². The third kappa shape index (κ3) is 1.42. The van der Waals surface area contributed by atoms with Crippen LogP contribution in [0, 0.1) is 6.92 Å². The molecule has 4 nitrogen and oxygen atoms in total. The van der Waals surface area contributed by atoms with Gasteiger partial charge in [-0.05, 0) is 32.1 Å². The van der Waals surface area contributed by atoms with Gasteiger partial charge in [0.2, 0.25) is 0 Å². The molecular weight excluding hydrogens is 168 g/mol. The van der Waals surface area contributed by atoms with Gasteiger partial charge < -0.3 is 10.2 Å². The maximum absolute atomic E-state index is 11.4. The van der Waals surface area contributed by atoms with E-state index in [2.05, 4.69) is 10.2 Å². The Bertz CT molecular complexity index is 353. The van der Waals surface area contributed by atoms with Crippen molar-refractivity contribution in [3.05, 3.63) is 21.6 Å². The fraction of sp³-hybridized carbons (Fsp3) is 0.667. The first-order valence-electron chi connectivity index (χ1n) is 4.63. The van der Waals surface area contributed by atoms with Crippen molar-refractivity contribution in [2.24, 2.45) is 0 Å². The Kier molecular flexibility index (Phi) is 2.00. The van der Waals surface area contributed by atoms with E-state index in [-0.39, 0.29) is 17.6 Å². The fourth-order valence-corrected chi connectivity index (χ4v) is 2.17. The van der Waals surface area contributed by atoms with E-state index in [1.807, 2.05) is 6.92 Å². The Morgan fingerprint density at radius 1 is 1.38 bits per heavy atom. The zero-order chi connectivity index (χ0) is 9.42. The molecule has 0 spiro atoms. The van der Waals surface area contributed by atoms with Crippen molar-refractivity contribution >= 4 is 0 Å². The Labute approximate surface area is 76.0 Å². The molecule has 0 aromatic carbocycles. The van der Waals surface area contributed by atoms with Crippen LogP contribution >= 0.6 is 0 Å². The van der Waals surface area contributed by atoms with Gasteiger partial charge in [-0.3, -0.25) is 9.89 Å². The predicted octanol–water partition coefficient (Wildman–Crippen LogP) is 0.640. The van der Waals surface area contributed by atoms with Crippen molar-refractivity contribution in [2.45, 2.75) is 38.2 Å². The summed E-state index contributed by atoms with van der Waals surface area (Å²) < 4.78 is 0. The molecule has 0 bridgehead atoms. The molecule has 1 aromatic rings. The van der Waals surface area contributed by atoms with Gasteiger partial charge in [-0.1, -0.05) is 0 Å². The number of aromatic nitrogens is 2. The van der Waals surface area contributed by atoms with E-state index < -0.39 is 0 Å². The van der Waals surface area contributed by atoms with E-state index in [9.17, 15) is 9.90 Å². The van der Waals surface area contributed by atoms with Gasteiger partial charge in [-0.25, -0.2) is 0 Å². The lowest BCUT2D eigenvalue weighted by molar-refractivity contribution is 0.181. The monoisotopic (exact) mass is 182 g/mol. The molecule has 0 radical (unpaired) electrons. The van der Waals surface area contributed by atoms with Crippen LogP contribution in [0.25, 0.3) is 0 Å². The van der Waals surface area contributed by atoms with Crippen molar-refractivity contribution in [3.8, 4) is 0 Å². The molecule has 1 aliphatic carbocycles. The maximum Gasteiger partial charge on any atom is 0.267 e. The van der Waals surface area contributed by atoms with Crippen molar-refractivity contribution in [2.75, 3.05) is 0 Å². The first-order chi connectivity index (χ1) is 6.18. The van der Waals surface area contributed by atoms with Crippen molar-refractivity contribution in [1.29, 1.82) is 0 Å². The highest BCUT2D eigenvalue weighted by Gasteiger charge is 2.27. The van der Waals surface area contributed by atoms with Crippen LogP contribution in [0.4, 0.5) is 0 Å². The molecule has 0 aliphatic heterocycles. The van der Waals surface area contributed by atoms with Crippen molar-refractivity contribution in [1.82, 2.24) is 10.2 Å². The largest absolute Gasteiger partial charge is 0.393 e. The smallest absolute Gasteiger partial charge is 0.267 e. The molecule has 0 saturated heterocycles. The second-order valence-electron chi connectivity index (χ2n) is 3.78. The average Bonchev–Trinajstić information content (AvgIpc) is 2.60. The lowest BCUT2D eigenvalue weighted by Gasteiger charge is -2.05. The molecule has 2 rings (SSSR count). The molecule has 1 saturated carbocycles. The summed E-state index contributed by atoms with van der Waals surface area (Å²) in [6.07, 6.45) is 2.23. The third-order valence-corrected chi connectivity index (χ3v) is 2.83. The minimum Gasteiger partial charge on any atom is -0.393 e. The average molecular weight is 182 g/mol. The summed E-state index contributed by atoms with van der Waals surface area (Å²) in [6.45, 7) is 1.89. The van der Waals surface area contributed by atoms with Gasteiger partial charge in [0.1, 0.15) is 0 Å². The standard InChI is InChI=1S/C9H14N2O2/c1-5-8(9(13)11-10-5)6-2-3-7(12)4-6/h6-7,12H,2-4H2,1H3,(H2,10,11,13)/t6-,7+/m1/s1. The highest BCUT2D eigenvalue weighted by atomic mass is 16.3. The van der Waals surface area contributed by atoms with Gasteiger partial charge in [-0.2, -0.15) is 0 Å². The van der Waals surface area contributed by atoms with E-state index in [0.717, 1.165) is 30.5 Å². The van der Waals surface area contributed by atoms with E-state index in [4.69, 9.17) is 0 Å². The summed E-state index contributed by atoms with van der Waals surface area (Å²) in [6, 6.07) is 0. The number of aromatic amines is 2. The quantitative estimate of drug-likeness (QED) is 0.596. The van der Waals surface area contributed by atoms with E-state index in [0.29, 0.717) is 0 Å². The summed E-state index contributed by atoms with van der Waals surface area (Å²) in [5, 5.41) is 14.7. The highest BCUT2D eigenvalue weighted by Crippen LogP contribution is 2.33. The summed E-state index contributed by atoms with van der Waals surface area (Å²) in [7, 11) is 0. The molecule has 13 heavy (non-hydrogen) atoms. The molecule has 0 unspecified atom stereocenters. The Morgan fingerprint density at radius 2 is 2.15 bits per heavy atom. The number of H-pyrrole nitrogens is 2. The van der Waals surface area contributed by atoms with Gasteiger partial charge in [0.05, 0.1) is 6.10 Å². The molecule has 1 aliphatic rings. The predicted molar refractivity (Wildman–Crippen MR) is 48.7 cm³/mol. The summed E-state index contributed by atoms with van der Waals surface area (Å²) in [5.41, 5.74) is 1.71. The Morgan fingerprint density at radius 3 is 2.62 bits per heavy atom. The molecule has 0 amide bonds. The molecule has 3 N–H and O–H groups in total. The number of rotatable bonds is 1. The summed E-state index contributed by atoms with van der Waals surface area (Å²) >= 11 is 0. The number of aryl methyl sites for hydroxylation is 1. The molecule has 4 heteroatoms. The van der Waals surface area contributed by atoms with Gasteiger partial charge in [0, 0.05) is 11.3 Å². The topological polar surface area (TPSA) is 68.9 Å². The van der Waals surface area contributed by atoms with Crippen LogP contribution in [0.15, 0.2) is 4.79 Å². The van der Waals surface area contributed by atoms with Crippen LogP contribution in [0.5, 0.6) is 0 Å². The molecule has 1 heterocycles. The van der Waals surface area contributed by atoms with Gasteiger partial charge >= 0.3 is 0 Å². The second-order valence-corrected chi connectivity index (χ2v) is 3.78. The minimum atomic E-state index is -0.223. The number of aliphatic hydroxyl groups excluding tert-OH is 1. The normalized spacial score (nSPS) is 28.2. The highest BCUT2D eigenvalue weighted by molar-refractivity contribution is 5.21. The maximum atomic E-state index is 11.4. The van der Waals surface area contributed by atoms with Crippen LogP contribution in [0.1, 0.15) is 36.4 Å². The number of aliphatic hydroxyl groups is 1. The Balaban J connectivity index is 2.30. The van der Waals surface area contributed by atoms with Crippen LogP contribution in [-0.2, 0) is 0 Å². The van der Waals surface area contributed by atoms with Crippen LogP contribution in [-0.4, -0.2) is 21.4 Å². The van der Waals surface area contributed by atoms with E-state index in [1.165, 1.54) is 0 Å². The summed E-state index contributed by atoms with van der Waals surface area (Å²) in [4.78, 5) is 11.4. The molecule has 1 fully saturated rings. The molecular formula is C9H14N2O2. The zero-order valence-electron chi connectivity index (χ0n) is 7.63. The van der Waals surface area contributed by atoms with Crippen molar-refractivity contribution in [3.63, 3.8) is 0 Å². The lowest BCUT2D eigenvalue weighted by Crippen LogP contribution is -2.10. The SMILES string of the molecule is Cc1[nH][nH]c(=O)c1[C@@H]1CC[C@H](O)C1. The Hall–Kier alpha value is -1.03. The number of hydrogen-bond donors (Lipinski definition) is 3. The zero-order valence-corrected chi connectivity index (χ0v) is 7.63. The van der Waals surface area contributed by atoms with Gasteiger partial charge in [-0.15, -0.1) is 0 Å². The van der Waals surface area contributed by atoms with E-state index in [1.54, 1.807) is 0 Å². The third-order valence-electron chi connectivity index (χ3n) is 2.83. The van der Waals surface area contributed by atoms with Crippen LogP contribution in [0.2, 0.25) is 0 Å². The number of hydrogen-bond acceptors (Lipinski definition) is 2. The first kappa shape index (κ1) is 8.56. The lowest BCUT2D eigenvalue weighted by atomic mass is 9.98.